The number of amides is 2. The van der Waals surface area contributed by atoms with Crippen LogP contribution < -0.4 is 0 Å². The number of ether oxygens (including phenoxy) is 1. The quantitative estimate of drug-likeness (QED) is 0.752. The third kappa shape index (κ3) is 4.48. The molecule has 4 fully saturated rings. The first kappa shape index (κ1) is 19.2. The van der Waals surface area contributed by atoms with Gasteiger partial charge in [-0.05, 0) is 57.5 Å². The first-order valence-corrected chi connectivity index (χ1v) is 11.1. The number of hydrogen-bond donors (Lipinski definition) is 0. The Morgan fingerprint density at radius 1 is 0.815 bits per heavy atom. The number of piperidine rings is 2. The first-order chi connectivity index (χ1) is 13.2. The van der Waals surface area contributed by atoms with Crippen molar-refractivity contribution in [1.82, 2.24) is 14.7 Å². The highest BCUT2D eigenvalue weighted by atomic mass is 16.5. The summed E-state index contributed by atoms with van der Waals surface area (Å²) in [7, 11) is 0. The average Bonchev–Trinajstić information content (AvgIpc) is 2.74. The van der Waals surface area contributed by atoms with Crippen molar-refractivity contribution >= 4 is 11.8 Å². The molecule has 0 spiro atoms. The monoisotopic (exact) mass is 377 g/mol. The van der Waals surface area contributed by atoms with Gasteiger partial charge < -0.3 is 14.5 Å². The highest BCUT2D eigenvalue weighted by Crippen LogP contribution is 2.35. The van der Waals surface area contributed by atoms with E-state index in [1.165, 1.54) is 38.5 Å². The van der Waals surface area contributed by atoms with Gasteiger partial charge in [0.2, 0.25) is 11.8 Å². The average molecular weight is 378 g/mol. The SMILES string of the molecule is O=C(C1CCN(CC(=O)N2CCCC3CCCCC32)CC1)N1CCOCC1. The Balaban J connectivity index is 1.25. The molecule has 0 N–H and O–H groups in total. The van der Waals surface area contributed by atoms with Crippen LogP contribution in [0.5, 0.6) is 0 Å². The van der Waals surface area contributed by atoms with Gasteiger partial charge >= 0.3 is 0 Å². The van der Waals surface area contributed by atoms with Gasteiger partial charge in [0.25, 0.3) is 0 Å². The van der Waals surface area contributed by atoms with E-state index >= 15 is 0 Å². The van der Waals surface area contributed by atoms with Crippen molar-refractivity contribution in [3.63, 3.8) is 0 Å². The molecule has 0 aromatic carbocycles. The molecule has 2 atom stereocenters. The number of likely N-dealkylation sites (tertiary alicyclic amines) is 2. The van der Waals surface area contributed by atoms with Crippen LogP contribution >= 0.6 is 0 Å². The van der Waals surface area contributed by atoms with Crippen LogP contribution in [0.1, 0.15) is 51.4 Å². The van der Waals surface area contributed by atoms with E-state index in [1.807, 2.05) is 4.90 Å². The van der Waals surface area contributed by atoms with Gasteiger partial charge in [-0.25, -0.2) is 0 Å². The number of nitrogens with zero attached hydrogens (tertiary/aromatic N) is 3. The molecule has 3 saturated heterocycles. The van der Waals surface area contributed by atoms with Crippen molar-refractivity contribution in [2.75, 3.05) is 52.5 Å². The van der Waals surface area contributed by atoms with Crippen LogP contribution in [-0.4, -0.2) is 85.0 Å². The fraction of sp³-hybridized carbons (Fsp3) is 0.905. The molecule has 6 heteroatoms. The lowest BCUT2D eigenvalue weighted by Gasteiger charge is -2.45. The second-order valence-corrected chi connectivity index (χ2v) is 8.83. The van der Waals surface area contributed by atoms with Crippen molar-refractivity contribution in [3.05, 3.63) is 0 Å². The molecule has 152 valence electrons. The zero-order valence-corrected chi connectivity index (χ0v) is 16.6. The van der Waals surface area contributed by atoms with Gasteiger partial charge in [0.05, 0.1) is 19.8 Å². The number of rotatable bonds is 3. The van der Waals surface area contributed by atoms with Crippen molar-refractivity contribution in [2.45, 2.75) is 57.4 Å². The number of carbonyl (C=O) groups excluding carboxylic acids is 2. The third-order valence-electron chi connectivity index (χ3n) is 7.18. The molecule has 27 heavy (non-hydrogen) atoms. The van der Waals surface area contributed by atoms with Gasteiger partial charge in [-0.15, -0.1) is 0 Å². The molecular formula is C21H35N3O3. The van der Waals surface area contributed by atoms with Crippen LogP contribution in [0.15, 0.2) is 0 Å². The van der Waals surface area contributed by atoms with Gasteiger partial charge in [0.1, 0.15) is 0 Å². The Labute approximate surface area is 163 Å². The van der Waals surface area contributed by atoms with Gasteiger partial charge in [-0.3, -0.25) is 14.5 Å². The lowest BCUT2D eigenvalue weighted by atomic mass is 9.78. The van der Waals surface area contributed by atoms with Crippen molar-refractivity contribution in [2.24, 2.45) is 11.8 Å². The molecule has 2 unspecified atom stereocenters. The minimum Gasteiger partial charge on any atom is -0.378 e. The number of morpholine rings is 1. The third-order valence-corrected chi connectivity index (χ3v) is 7.18. The number of hydrogen-bond acceptors (Lipinski definition) is 4. The Morgan fingerprint density at radius 3 is 2.30 bits per heavy atom. The normalized spacial score (nSPS) is 30.8. The number of carbonyl (C=O) groups is 2. The van der Waals surface area contributed by atoms with Crippen LogP contribution in [0.4, 0.5) is 0 Å². The first-order valence-electron chi connectivity index (χ1n) is 11.1. The molecule has 0 aromatic rings. The molecule has 4 rings (SSSR count). The van der Waals surface area contributed by atoms with Crippen LogP contribution in [0.25, 0.3) is 0 Å². The van der Waals surface area contributed by atoms with Crippen molar-refractivity contribution in [1.29, 1.82) is 0 Å². The molecule has 3 aliphatic heterocycles. The summed E-state index contributed by atoms with van der Waals surface area (Å²) in [6.07, 6.45) is 9.38. The summed E-state index contributed by atoms with van der Waals surface area (Å²) in [5.41, 5.74) is 0. The predicted octanol–water partition coefficient (Wildman–Crippen LogP) is 1.74. The summed E-state index contributed by atoms with van der Waals surface area (Å²) in [5, 5.41) is 0. The Kier molecular flexibility index (Phi) is 6.33. The maximum atomic E-state index is 13.0. The summed E-state index contributed by atoms with van der Waals surface area (Å²) >= 11 is 0. The zero-order chi connectivity index (χ0) is 18.6. The summed E-state index contributed by atoms with van der Waals surface area (Å²) in [6, 6.07) is 0.500. The largest absolute Gasteiger partial charge is 0.378 e. The standard InChI is InChI=1S/C21H35N3O3/c25-20(24-9-3-5-17-4-1-2-6-19(17)24)16-22-10-7-18(8-11-22)21(26)23-12-14-27-15-13-23/h17-19H,1-16H2. The van der Waals surface area contributed by atoms with E-state index in [1.54, 1.807) is 0 Å². The van der Waals surface area contributed by atoms with Crippen molar-refractivity contribution < 1.29 is 14.3 Å². The molecule has 6 nitrogen and oxygen atoms in total. The summed E-state index contributed by atoms with van der Waals surface area (Å²) in [4.78, 5) is 32.1. The molecule has 0 bridgehead atoms. The molecule has 1 saturated carbocycles. The van der Waals surface area contributed by atoms with E-state index in [-0.39, 0.29) is 5.92 Å². The molecule has 0 aromatic heterocycles. The van der Waals surface area contributed by atoms with E-state index in [2.05, 4.69) is 9.80 Å². The van der Waals surface area contributed by atoms with Gasteiger partial charge in [-0.2, -0.15) is 0 Å². The van der Waals surface area contributed by atoms with E-state index in [0.29, 0.717) is 37.6 Å². The fourth-order valence-electron chi connectivity index (χ4n) is 5.60. The van der Waals surface area contributed by atoms with Gasteiger partial charge in [0, 0.05) is 31.6 Å². The summed E-state index contributed by atoms with van der Waals surface area (Å²) in [5.74, 6) is 1.50. The van der Waals surface area contributed by atoms with E-state index in [4.69, 9.17) is 4.74 Å². The fourth-order valence-corrected chi connectivity index (χ4v) is 5.60. The zero-order valence-electron chi connectivity index (χ0n) is 16.6. The van der Waals surface area contributed by atoms with Crippen LogP contribution in [0.2, 0.25) is 0 Å². The van der Waals surface area contributed by atoms with E-state index < -0.39 is 0 Å². The minimum absolute atomic E-state index is 0.132. The lowest BCUT2D eigenvalue weighted by molar-refractivity contribution is -0.142. The molecule has 2 amide bonds. The summed E-state index contributed by atoms with van der Waals surface area (Å²) < 4.78 is 5.35. The Hall–Kier alpha value is -1.14. The second kappa shape index (κ2) is 8.91. The minimum atomic E-state index is 0.132. The molecule has 4 aliphatic rings. The molecular weight excluding hydrogens is 342 g/mol. The number of fused-ring (bicyclic) bond motifs is 1. The maximum Gasteiger partial charge on any atom is 0.237 e. The van der Waals surface area contributed by atoms with Gasteiger partial charge in [0.15, 0.2) is 0 Å². The Morgan fingerprint density at radius 2 is 1.52 bits per heavy atom. The molecule has 0 radical (unpaired) electrons. The topological polar surface area (TPSA) is 53.1 Å². The Bertz CT molecular complexity index is 525. The predicted molar refractivity (Wildman–Crippen MR) is 103 cm³/mol. The van der Waals surface area contributed by atoms with Crippen LogP contribution in [0, 0.1) is 11.8 Å². The second-order valence-electron chi connectivity index (χ2n) is 8.83. The molecule has 3 heterocycles. The van der Waals surface area contributed by atoms with E-state index in [0.717, 1.165) is 51.5 Å². The van der Waals surface area contributed by atoms with Crippen molar-refractivity contribution in [3.8, 4) is 0 Å². The smallest absolute Gasteiger partial charge is 0.237 e. The summed E-state index contributed by atoms with van der Waals surface area (Å²) in [6.45, 7) is 6.02. The maximum absolute atomic E-state index is 13.0. The highest BCUT2D eigenvalue weighted by Gasteiger charge is 2.36. The van der Waals surface area contributed by atoms with Crippen LogP contribution in [0.3, 0.4) is 0 Å². The van der Waals surface area contributed by atoms with Gasteiger partial charge in [-0.1, -0.05) is 12.8 Å². The van der Waals surface area contributed by atoms with Crippen LogP contribution in [-0.2, 0) is 14.3 Å². The van der Waals surface area contributed by atoms with E-state index in [9.17, 15) is 9.59 Å². The highest BCUT2D eigenvalue weighted by molar-refractivity contribution is 5.80. The lowest BCUT2D eigenvalue weighted by Crippen LogP contribution is -2.53. The molecule has 1 aliphatic carbocycles.